The Kier molecular flexibility index (Phi) is 18.5. The zero-order valence-electron chi connectivity index (χ0n) is 16.8. The van der Waals surface area contributed by atoms with E-state index in [2.05, 4.69) is 13.0 Å². The van der Waals surface area contributed by atoms with Crippen molar-refractivity contribution >= 4 is 11.9 Å². The van der Waals surface area contributed by atoms with Crippen LogP contribution in [-0.4, -0.2) is 25.2 Å². The maximum Gasteiger partial charge on any atom is 0.306 e. The molecule has 0 aliphatic rings. The molecule has 0 N–H and O–H groups in total. The van der Waals surface area contributed by atoms with Gasteiger partial charge in [-0.1, -0.05) is 76.7 Å². The van der Waals surface area contributed by atoms with Crippen LogP contribution in [0.15, 0.2) is 24.3 Å². The van der Waals surface area contributed by atoms with Crippen LogP contribution in [0.5, 0.6) is 0 Å². The molecule has 4 nitrogen and oxygen atoms in total. The fourth-order valence-electron chi connectivity index (χ4n) is 2.44. The second-order valence-corrected chi connectivity index (χ2v) is 6.48. The SMILES string of the molecule is CC/C=C/COC(=O)CCCC(=O)OC/C=C/CCCCCCCCC. The van der Waals surface area contributed by atoms with Gasteiger partial charge in [0.1, 0.15) is 13.2 Å². The van der Waals surface area contributed by atoms with E-state index in [4.69, 9.17) is 9.47 Å². The smallest absolute Gasteiger partial charge is 0.306 e. The lowest BCUT2D eigenvalue weighted by Crippen LogP contribution is -2.08. The van der Waals surface area contributed by atoms with E-state index in [0.29, 0.717) is 19.6 Å². The van der Waals surface area contributed by atoms with Gasteiger partial charge in [-0.25, -0.2) is 0 Å². The van der Waals surface area contributed by atoms with E-state index in [1.54, 1.807) is 0 Å². The van der Waals surface area contributed by atoms with Gasteiger partial charge in [-0.15, -0.1) is 0 Å². The second-order valence-electron chi connectivity index (χ2n) is 6.48. The zero-order chi connectivity index (χ0) is 19.3. The number of carbonyl (C=O) groups excluding carboxylic acids is 2. The molecule has 26 heavy (non-hydrogen) atoms. The number of carbonyl (C=O) groups is 2. The summed E-state index contributed by atoms with van der Waals surface area (Å²) in [6, 6.07) is 0. The summed E-state index contributed by atoms with van der Waals surface area (Å²) in [7, 11) is 0. The predicted molar refractivity (Wildman–Crippen MR) is 107 cm³/mol. The summed E-state index contributed by atoms with van der Waals surface area (Å²) >= 11 is 0. The van der Waals surface area contributed by atoms with Gasteiger partial charge >= 0.3 is 11.9 Å². The minimum Gasteiger partial charge on any atom is -0.461 e. The number of ether oxygens (including phenoxy) is 2. The van der Waals surface area contributed by atoms with Crippen molar-refractivity contribution in [1.29, 1.82) is 0 Å². The maximum atomic E-state index is 11.6. The minimum atomic E-state index is -0.270. The number of hydrogen-bond acceptors (Lipinski definition) is 4. The summed E-state index contributed by atoms with van der Waals surface area (Å²) in [4.78, 5) is 23.0. The van der Waals surface area contributed by atoms with Gasteiger partial charge in [-0.3, -0.25) is 9.59 Å². The zero-order valence-corrected chi connectivity index (χ0v) is 16.8. The molecule has 0 saturated carbocycles. The Balaban J connectivity index is 3.42. The first-order valence-corrected chi connectivity index (χ1v) is 10.3. The molecule has 150 valence electrons. The Morgan fingerprint density at radius 2 is 1.19 bits per heavy atom. The number of allylic oxidation sites excluding steroid dienone is 2. The first-order valence-electron chi connectivity index (χ1n) is 10.3. The predicted octanol–water partition coefficient (Wildman–Crippen LogP) is 5.91. The molecule has 0 aromatic heterocycles. The van der Waals surface area contributed by atoms with Gasteiger partial charge in [0.15, 0.2) is 0 Å². The highest BCUT2D eigenvalue weighted by molar-refractivity contribution is 5.72. The molecule has 0 unspecified atom stereocenters. The molecule has 0 spiro atoms. The fourth-order valence-corrected chi connectivity index (χ4v) is 2.44. The van der Waals surface area contributed by atoms with Gasteiger partial charge in [0.05, 0.1) is 0 Å². The monoisotopic (exact) mass is 366 g/mol. The molecule has 0 bridgehead atoms. The Morgan fingerprint density at radius 3 is 1.77 bits per heavy atom. The van der Waals surface area contributed by atoms with Crippen molar-refractivity contribution in [3.8, 4) is 0 Å². The van der Waals surface area contributed by atoms with Crippen molar-refractivity contribution in [2.45, 2.75) is 90.9 Å². The van der Waals surface area contributed by atoms with E-state index in [0.717, 1.165) is 12.8 Å². The Morgan fingerprint density at radius 1 is 0.654 bits per heavy atom. The molecule has 0 heterocycles. The van der Waals surface area contributed by atoms with E-state index in [1.807, 2.05) is 25.2 Å². The summed E-state index contributed by atoms with van der Waals surface area (Å²) in [5.41, 5.74) is 0. The minimum absolute atomic E-state index is 0.253. The highest BCUT2D eigenvalue weighted by Gasteiger charge is 2.06. The highest BCUT2D eigenvalue weighted by atomic mass is 16.5. The molecule has 0 aromatic rings. The first kappa shape index (κ1) is 24.4. The molecular weight excluding hydrogens is 328 g/mol. The van der Waals surface area contributed by atoms with Gasteiger partial charge in [0, 0.05) is 12.8 Å². The van der Waals surface area contributed by atoms with Crippen molar-refractivity contribution in [3.05, 3.63) is 24.3 Å². The lowest BCUT2D eigenvalue weighted by molar-refractivity contribution is -0.144. The van der Waals surface area contributed by atoms with Crippen LogP contribution in [0.25, 0.3) is 0 Å². The van der Waals surface area contributed by atoms with E-state index in [9.17, 15) is 9.59 Å². The van der Waals surface area contributed by atoms with Crippen molar-refractivity contribution in [2.75, 3.05) is 13.2 Å². The van der Waals surface area contributed by atoms with E-state index >= 15 is 0 Å². The number of hydrogen-bond donors (Lipinski definition) is 0. The average Bonchev–Trinajstić information content (AvgIpc) is 2.63. The molecule has 0 saturated heterocycles. The summed E-state index contributed by atoms with van der Waals surface area (Å²) < 4.78 is 10.1. The van der Waals surface area contributed by atoms with E-state index < -0.39 is 0 Å². The van der Waals surface area contributed by atoms with Gasteiger partial charge in [-0.05, 0) is 25.7 Å². The molecule has 4 heteroatoms. The van der Waals surface area contributed by atoms with Gasteiger partial charge < -0.3 is 9.47 Å². The molecule has 0 amide bonds. The van der Waals surface area contributed by atoms with Crippen molar-refractivity contribution < 1.29 is 19.1 Å². The first-order chi connectivity index (χ1) is 12.7. The molecular formula is C22H38O4. The molecule has 0 fully saturated rings. The third-order valence-electron chi connectivity index (χ3n) is 3.99. The van der Waals surface area contributed by atoms with E-state index in [1.165, 1.54) is 44.9 Å². The van der Waals surface area contributed by atoms with Gasteiger partial charge in [0.2, 0.25) is 0 Å². The van der Waals surface area contributed by atoms with Crippen LogP contribution in [0.2, 0.25) is 0 Å². The molecule has 0 aromatic carbocycles. The van der Waals surface area contributed by atoms with Crippen LogP contribution in [0, 0.1) is 0 Å². The average molecular weight is 367 g/mol. The van der Waals surface area contributed by atoms with Crippen LogP contribution in [0.1, 0.15) is 90.9 Å². The summed E-state index contributed by atoms with van der Waals surface area (Å²) in [6.07, 6.45) is 19.9. The normalized spacial score (nSPS) is 11.3. The molecule has 0 aliphatic carbocycles. The number of unbranched alkanes of at least 4 members (excludes halogenated alkanes) is 7. The van der Waals surface area contributed by atoms with Crippen molar-refractivity contribution in [2.24, 2.45) is 0 Å². The van der Waals surface area contributed by atoms with Gasteiger partial charge in [0.25, 0.3) is 0 Å². The molecule has 0 radical (unpaired) electrons. The Hall–Kier alpha value is -1.58. The van der Waals surface area contributed by atoms with E-state index in [-0.39, 0.29) is 24.8 Å². The summed E-state index contributed by atoms with van der Waals surface area (Å²) in [5.74, 6) is -0.530. The third-order valence-corrected chi connectivity index (χ3v) is 3.99. The largest absolute Gasteiger partial charge is 0.461 e. The third kappa shape index (κ3) is 18.8. The lowest BCUT2D eigenvalue weighted by atomic mass is 10.1. The molecule has 0 aliphatic heterocycles. The molecule has 0 rings (SSSR count). The molecule has 0 atom stereocenters. The quantitative estimate of drug-likeness (QED) is 0.182. The lowest BCUT2D eigenvalue weighted by Gasteiger charge is -2.03. The fraction of sp³-hybridized carbons (Fsp3) is 0.727. The topological polar surface area (TPSA) is 52.6 Å². The second kappa shape index (κ2) is 19.7. The van der Waals surface area contributed by atoms with Crippen LogP contribution in [0.4, 0.5) is 0 Å². The van der Waals surface area contributed by atoms with Crippen molar-refractivity contribution in [3.63, 3.8) is 0 Å². The van der Waals surface area contributed by atoms with Crippen LogP contribution in [0.3, 0.4) is 0 Å². The number of rotatable bonds is 17. The van der Waals surface area contributed by atoms with Crippen molar-refractivity contribution in [1.82, 2.24) is 0 Å². The Bertz CT molecular complexity index is 399. The standard InChI is InChI=1S/C22H38O4/c1-3-5-7-8-9-10-11-12-13-15-20-26-22(24)18-16-17-21(23)25-19-14-6-4-2/h6,13-15H,3-5,7-12,16-20H2,1-2H3/b14-6+,15-13+. The maximum absolute atomic E-state index is 11.6. The van der Waals surface area contributed by atoms with Crippen LogP contribution in [-0.2, 0) is 19.1 Å². The van der Waals surface area contributed by atoms with Crippen LogP contribution >= 0.6 is 0 Å². The van der Waals surface area contributed by atoms with Crippen LogP contribution < -0.4 is 0 Å². The van der Waals surface area contributed by atoms with Gasteiger partial charge in [-0.2, -0.15) is 0 Å². The number of esters is 2. The summed E-state index contributed by atoms with van der Waals surface area (Å²) in [5, 5.41) is 0. The Labute approximate surface area is 160 Å². The highest BCUT2D eigenvalue weighted by Crippen LogP contribution is 2.08. The summed E-state index contributed by atoms with van der Waals surface area (Å²) in [6.45, 7) is 4.88.